The van der Waals surface area contributed by atoms with Crippen molar-refractivity contribution in [3.8, 4) is 11.4 Å². The van der Waals surface area contributed by atoms with Gasteiger partial charge in [0.05, 0.1) is 29.0 Å². The summed E-state index contributed by atoms with van der Waals surface area (Å²) in [5.74, 6) is 1.96. The number of para-hydroxylation sites is 1. The van der Waals surface area contributed by atoms with Crippen molar-refractivity contribution in [2.45, 2.75) is 17.0 Å². The molecule has 0 atom stereocenters. The molecule has 8 heteroatoms. The molecule has 4 aromatic rings. The number of rotatable bonds is 6. The van der Waals surface area contributed by atoms with Crippen LogP contribution in [0.3, 0.4) is 0 Å². The van der Waals surface area contributed by atoms with Gasteiger partial charge in [-0.1, -0.05) is 35.2 Å². The summed E-state index contributed by atoms with van der Waals surface area (Å²) in [6.07, 6.45) is 0. The highest BCUT2D eigenvalue weighted by Crippen LogP contribution is 2.25. The minimum absolute atomic E-state index is 0.0855. The highest BCUT2D eigenvalue weighted by molar-refractivity contribution is 8.00. The Balaban J connectivity index is 1.81. The van der Waals surface area contributed by atoms with Gasteiger partial charge in [0, 0.05) is 0 Å². The summed E-state index contributed by atoms with van der Waals surface area (Å²) < 4.78 is 8.00. The third-order valence-corrected chi connectivity index (χ3v) is 5.77. The molecule has 4 rings (SSSR count). The number of aromatic nitrogens is 4. The lowest BCUT2D eigenvalue weighted by Crippen LogP contribution is -2.23. The quantitative estimate of drug-likeness (QED) is 0.460. The van der Waals surface area contributed by atoms with Crippen molar-refractivity contribution < 1.29 is 4.74 Å². The van der Waals surface area contributed by atoms with Gasteiger partial charge >= 0.3 is 0 Å². The van der Waals surface area contributed by atoms with Crippen molar-refractivity contribution >= 4 is 34.0 Å². The van der Waals surface area contributed by atoms with Gasteiger partial charge in [0.2, 0.25) is 0 Å². The van der Waals surface area contributed by atoms with Crippen molar-refractivity contribution in [3.63, 3.8) is 0 Å². The second kappa shape index (κ2) is 7.89. The molecule has 2 heterocycles. The molecule has 27 heavy (non-hydrogen) atoms. The molecule has 0 radical (unpaired) electrons. The molecule has 0 aliphatic heterocycles. The van der Waals surface area contributed by atoms with E-state index in [0.717, 1.165) is 15.8 Å². The summed E-state index contributed by atoms with van der Waals surface area (Å²) in [7, 11) is 0. The molecule has 0 aliphatic carbocycles. The molecular weight excluding hydrogens is 380 g/mol. The SMILES string of the molecule is CCOc1ccc(-n2c(CSc3nncs3)nc3ccccc3c2=O)cc1. The summed E-state index contributed by atoms with van der Waals surface area (Å²) in [6.45, 7) is 2.54. The van der Waals surface area contributed by atoms with Crippen LogP contribution in [0.1, 0.15) is 12.7 Å². The molecular formula is C19H16N4O2S2. The standard InChI is InChI=1S/C19H16N4O2S2/c1-2-25-14-9-7-13(8-10-14)23-17(11-26-19-22-20-12-27-19)21-16-6-4-3-5-15(16)18(23)24/h3-10,12H,2,11H2,1H3. The van der Waals surface area contributed by atoms with Gasteiger partial charge in [-0.05, 0) is 43.3 Å². The minimum Gasteiger partial charge on any atom is -0.494 e. The van der Waals surface area contributed by atoms with Gasteiger partial charge in [0.1, 0.15) is 17.1 Å². The maximum Gasteiger partial charge on any atom is 0.265 e. The van der Waals surface area contributed by atoms with Crippen LogP contribution < -0.4 is 10.3 Å². The Morgan fingerprint density at radius 2 is 1.96 bits per heavy atom. The summed E-state index contributed by atoms with van der Waals surface area (Å²) in [5, 5.41) is 8.50. The van der Waals surface area contributed by atoms with Crippen molar-refractivity contribution in [1.82, 2.24) is 19.7 Å². The Hall–Kier alpha value is -2.71. The van der Waals surface area contributed by atoms with Crippen LogP contribution in [0.25, 0.3) is 16.6 Å². The number of benzene rings is 2. The van der Waals surface area contributed by atoms with Crippen molar-refractivity contribution in [2.75, 3.05) is 6.61 Å². The van der Waals surface area contributed by atoms with Crippen molar-refractivity contribution in [2.24, 2.45) is 0 Å². The summed E-state index contributed by atoms with van der Waals surface area (Å²) in [6, 6.07) is 14.9. The van der Waals surface area contributed by atoms with E-state index < -0.39 is 0 Å². The summed E-state index contributed by atoms with van der Waals surface area (Å²) in [5.41, 5.74) is 3.06. The predicted molar refractivity (Wildman–Crippen MR) is 108 cm³/mol. The van der Waals surface area contributed by atoms with Crippen molar-refractivity contribution in [1.29, 1.82) is 0 Å². The van der Waals surface area contributed by atoms with Gasteiger partial charge in [-0.3, -0.25) is 9.36 Å². The fourth-order valence-corrected chi connectivity index (χ4v) is 4.16. The Kier molecular flexibility index (Phi) is 5.17. The molecule has 0 bridgehead atoms. The zero-order valence-electron chi connectivity index (χ0n) is 14.5. The van der Waals surface area contributed by atoms with E-state index in [-0.39, 0.29) is 5.56 Å². The predicted octanol–water partition coefficient (Wildman–Crippen LogP) is 3.93. The molecule has 0 spiro atoms. The van der Waals surface area contributed by atoms with Gasteiger partial charge < -0.3 is 4.74 Å². The third kappa shape index (κ3) is 3.72. The van der Waals surface area contributed by atoms with Gasteiger partial charge in [-0.15, -0.1) is 10.2 Å². The van der Waals surface area contributed by atoms with Gasteiger partial charge in [0.25, 0.3) is 5.56 Å². The lowest BCUT2D eigenvalue weighted by atomic mass is 10.2. The average Bonchev–Trinajstić information content (AvgIpc) is 3.21. The third-order valence-electron chi connectivity index (χ3n) is 3.92. The monoisotopic (exact) mass is 396 g/mol. The first-order chi connectivity index (χ1) is 13.3. The second-order valence-electron chi connectivity index (χ2n) is 5.61. The van der Waals surface area contributed by atoms with Gasteiger partial charge in [-0.2, -0.15) is 0 Å². The fourth-order valence-electron chi connectivity index (χ4n) is 2.75. The Morgan fingerprint density at radius 1 is 1.15 bits per heavy atom. The molecule has 0 aliphatic rings. The largest absolute Gasteiger partial charge is 0.494 e. The van der Waals surface area contributed by atoms with E-state index in [1.165, 1.54) is 23.1 Å². The van der Waals surface area contributed by atoms with E-state index >= 15 is 0 Å². The Labute approximate surface area is 163 Å². The van der Waals surface area contributed by atoms with Crippen LogP contribution >= 0.6 is 23.1 Å². The maximum absolute atomic E-state index is 13.2. The molecule has 0 fully saturated rings. The molecule has 0 saturated carbocycles. The maximum atomic E-state index is 13.2. The van der Waals surface area contributed by atoms with E-state index in [4.69, 9.17) is 9.72 Å². The summed E-state index contributed by atoms with van der Waals surface area (Å²) in [4.78, 5) is 17.9. The van der Waals surface area contributed by atoms with Gasteiger partial charge in [0.15, 0.2) is 4.34 Å². The minimum atomic E-state index is -0.0855. The Morgan fingerprint density at radius 3 is 2.70 bits per heavy atom. The molecule has 0 amide bonds. The van der Waals surface area contributed by atoms with Crippen LogP contribution in [0.15, 0.2) is 63.2 Å². The highest BCUT2D eigenvalue weighted by atomic mass is 32.2. The first-order valence-electron chi connectivity index (χ1n) is 8.39. The fraction of sp³-hybridized carbons (Fsp3) is 0.158. The second-order valence-corrected chi connectivity index (χ2v) is 7.66. The van der Waals surface area contributed by atoms with Crippen LogP contribution in [0.5, 0.6) is 5.75 Å². The molecule has 2 aromatic heterocycles. The van der Waals surface area contributed by atoms with E-state index in [2.05, 4.69) is 10.2 Å². The number of nitrogens with zero attached hydrogens (tertiary/aromatic N) is 4. The topological polar surface area (TPSA) is 69.9 Å². The Bertz CT molecular complexity index is 1110. The molecule has 2 aromatic carbocycles. The smallest absolute Gasteiger partial charge is 0.265 e. The van der Waals surface area contributed by atoms with Crippen LogP contribution in [-0.4, -0.2) is 26.4 Å². The van der Waals surface area contributed by atoms with Crippen LogP contribution in [0.4, 0.5) is 0 Å². The number of hydrogen-bond donors (Lipinski definition) is 0. The molecule has 136 valence electrons. The van der Waals surface area contributed by atoms with E-state index in [1.807, 2.05) is 49.4 Å². The van der Waals surface area contributed by atoms with Crippen LogP contribution in [0.2, 0.25) is 0 Å². The normalized spacial score (nSPS) is 11.0. The lowest BCUT2D eigenvalue weighted by molar-refractivity contribution is 0.340. The highest BCUT2D eigenvalue weighted by Gasteiger charge is 2.14. The number of thioether (sulfide) groups is 1. The van der Waals surface area contributed by atoms with Gasteiger partial charge in [-0.25, -0.2) is 4.98 Å². The zero-order valence-corrected chi connectivity index (χ0v) is 16.2. The van der Waals surface area contributed by atoms with E-state index in [1.54, 1.807) is 16.1 Å². The number of hydrogen-bond acceptors (Lipinski definition) is 7. The zero-order chi connectivity index (χ0) is 18.6. The number of fused-ring (bicyclic) bond motifs is 1. The van der Waals surface area contributed by atoms with Crippen LogP contribution in [-0.2, 0) is 5.75 Å². The summed E-state index contributed by atoms with van der Waals surface area (Å²) >= 11 is 2.98. The van der Waals surface area contributed by atoms with Crippen molar-refractivity contribution in [3.05, 3.63) is 70.2 Å². The number of ether oxygens (including phenoxy) is 1. The molecule has 0 N–H and O–H groups in total. The first kappa shape index (κ1) is 17.7. The lowest BCUT2D eigenvalue weighted by Gasteiger charge is -2.13. The molecule has 6 nitrogen and oxygen atoms in total. The van der Waals surface area contributed by atoms with Crippen LogP contribution in [0, 0.1) is 0 Å². The van der Waals surface area contributed by atoms with E-state index in [0.29, 0.717) is 29.1 Å². The first-order valence-corrected chi connectivity index (χ1v) is 10.3. The average molecular weight is 396 g/mol. The molecule has 0 saturated heterocycles. The molecule has 0 unspecified atom stereocenters. The van der Waals surface area contributed by atoms with E-state index in [9.17, 15) is 4.79 Å².